The Morgan fingerprint density at radius 2 is 1.57 bits per heavy atom. The van der Waals surface area contributed by atoms with Crippen LogP contribution in [0.3, 0.4) is 0 Å². The van der Waals surface area contributed by atoms with Gasteiger partial charge in [0.15, 0.2) is 0 Å². The lowest BCUT2D eigenvalue weighted by molar-refractivity contribution is -0.116. The first kappa shape index (κ1) is 21.3. The zero-order valence-corrected chi connectivity index (χ0v) is 17.0. The van der Waals surface area contributed by atoms with Crippen LogP contribution in [0.5, 0.6) is 5.75 Å². The van der Waals surface area contributed by atoms with Crippen LogP contribution in [0.4, 0.5) is 0 Å². The molecule has 0 spiro atoms. The molecule has 0 unspecified atom stereocenters. The van der Waals surface area contributed by atoms with Crippen molar-refractivity contribution in [1.82, 2.24) is 5.32 Å². The Hall–Kier alpha value is -3.42. The van der Waals surface area contributed by atoms with Crippen LogP contribution in [0.15, 0.2) is 89.8 Å². The van der Waals surface area contributed by atoms with E-state index < -0.39 is 10.0 Å². The summed E-state index contributed by atoms with van der Waals surface area (Å²) in [7, 11) is -3.72. The predicted molar refractivity (Wildman–Crippen MR) is 116 cm³/mol. The molecular formula is C23H22N2O4S. The summed E-state index contributed by atoms with van der Waals surface area (Å²) < 4.78 is 28.2. The normalized spacial score (nSPS) is 11.4. The Bertz CT molecular complexity index is 1110. The number of carbonyl (C=O) groups is 1. The van der Waals surface area contributed by atoms with Crippen molar-refractivity contribution in [2.45, 2.75) is 18.0 Å². The number of hydrogen-bond acceptors (Lipinski definition) is 4. The monoisotopic (exact) mass is 422 g/mol. The fourth-order valence-electron chi connectivity index (χ4n) is 2.63. The van der Waals surface area contributed by atoms with E-state index in [0.717, 1.165) is 22.4 Å². The van der Waals surface area contributed by atoms with Gasteiger partial charge in [0.25, 0.3) is 0 Å². The van der Waals surface area contributed by atoms with Crippen molar-refractivity contribution in [3.63, 3.8) is 0 Å². The number of hydrogen-bond donors (Lipinski definition) is 2. The minimum atomic E-state index is -3.72. The topological polar surface area (TPSA) is 98.5 Å². The van der Waals surface area contributed by atoms with E-state index in [-0.39, 0.29) is 17.3 Å². The largest absolute Gasteiger partial charge is 0.489 e. The lowest BCUT2D eigenvalue weighted by atomic mass is 10.2. The molecule has 7 heteroatoms. The van der Waals surface area contributed by atoms with E-state index in [9.17, 15) is 13.2 Å². The molecule has 0 heterocycles. The molecule has 0 aliphatic heterocycles. The number of nitrogens with one attached hydrogen (secondary N) is 1. The van der Waals surface area contributed by atoms with E-state index in [1.165, 1.54) is 18.2 Å². The van der Waals surface area contributed by atoms with Gasteiger partial charge in [0, 0.05) is 12.6 Å². The fourth-order valence-corrected chi connectivity index (χ4v) is 3.15. The van der Waals surface area contributed by atoms with Crippen LogP contribution >= 0.6 is 0 Å². The van der Waals surface area contributed by atoms with Gasteiger partial charge in [-0.1, -0.05) is 54.6 Å². The first-order chi connectivity index (χ1) is 14.4. The average Bonchev–Trinajstić information content (AvgIpc) is 2.76. The van der Waals surface area contributed by atoms with Crippen LogP contribution in [0, 0.1) is 0 Å². The molecular weight excluding hydrogens is 400 g/mol. The number of sulfonamides is 1. The molecule has 0 aliphatic rings. The van der Waals surface area contributed by atoms with E-state index in [0.29, 0.717) is 6.61 Å². The molecule has 154 valence electrons. The maximum absolute atomic E-state index is 12.0. The second-order valence-electron chi connectivity index (χ2n) is 6.58. The standard InChI is InChI=1S/C23H22N2O4S/c24-30(27,28)22-13-8-19(9-14-22)16-25-23(26)15-10-18-6-11-21(12-7-18)29-17-20-4-2-1-3-5-20/h1-15H,16-17H2,(H,25,26)(H2,24,27,28)/b15-10+. The Balaban J connectivity index is 1.47. The summed E-state index contributed by atoms with van der Waals surface area (Å²) >= 11 is 0. The highest BCUT2D eigenvalue weighted by atomic mass is 32.2. The fraction of sp³-hybridized carbons (Fsp3) is 0.0870. The first-order valence-corrected chi connectivity index (χ1v) is 10.8. The highest BCUT2D eigenvalue weighted by Crippen LogP contribution is 2.15. The Labute approximate surface area is 176 Å². The summed E-state index contributed by atoms with van der Waals surface area (Å²) in [5.41, 5.74) is 2.73. The predicted octanol–water partition coefficient (Wildman–Crippen LogP) is 3.24. The third-order valence-electron chi connectivity index (χ3n) is 4.27. The van der Waals surface area contributed by atoms with Gasteiger partial charge in [-0.3, -0.25) is 4.79 Å². The van der Waals surface area contributed by atoms with Gasteiger partial charge >= 0.3 is 0 Å². The van der Waals surface area contributed by atoms with Crippen molar-refractivity contribution in [3.8, 4) is 5.75 Å². The number of amides is 1. The maximum atomic E-state index is 12.0. The minimum absolute atomic E-state index is 0.0358. The third kappa shape index (κ3) is 6.58. The van der Waals surface area contributed by atoms with Crippen LogP contribution in [-0.2, 0) is 28.0 Å². The molecule has 0 atom stereocenters. The molecule has 6 nitrogen and oxygen atoms in total. The van der Waals surface area contributed by atoms with Crippen LogP contribution in [0.1, 0.15) is 16.7 Å². The lowest BCUT2D eigenvalue weighted by Gasteiger charge is -2.06. The number of rotatable bonds is 8. The molecule has 0 saturated heterocycles. The van der Waals surface area contributed by atoms with Gasteiger partial charge in [0.2, 0.25) is 15.9 Å². The molecule has 0 saturated carbocycles. The molecule has 30 heavy (non-hydrogen) atoms. The van der Waals surface area contributed by atoms with Crippen molar-refractivity contribution in [2.24, 2.45) is 5.14 Å². The Morgan fingerprint density at radius 1 is 0.900 bits per heavy atom. The van der Waals surface area contributed by atoms with Crippen molar-refractivity contribution in [3.05, 3.63) is 102 Å². The van der Waals surface area contributed by atoms with Gasteiger partial charge in [-0.15, -0.1) is 0 Å². The second kappa shape index (κ2) is 9.87. The number of primary sulfonamides is 1. The molecule has 0 bridgehead atoms. The number of benzene rings is 3. The van der Waals surface area contributed by atoms with Crippen LogP contribution in [0.2, 0.25) is 0 Å². The second-order valence-corrected chi connectivity index (χ2v) is 8.14. The highest BCUT2D eigenvalue weighted by Gasteiger charge is 2.06. The van der Waals surface area contributed by atoms with E-state index in [4.69, 9.17) is 9.88 Å². The summed E-state index contributed by atoms with van der Waals surface area (Å²) in [6.07, 6.45) is 3.15. The van der Waals surface area contributed by atoms with Crippen LogP contribution in [-0.4, -0.2) is 14.3 Å². The SMILES string of the molecule is NS(=O)(=O)c1ccc(CNC(=O)/C=C/c2ccc(OCc3ccccc3)cc2)cc1. The molecule has 0 aliphatic carbocycles. The third-order valence-corrected chi connectivity index (χ3v) is 5.20. The molecule has 0 radical (unpaired) electrons. The summed E-state index contributed by atoms with van der Waals surface area (Å²) in [5, 5.41) is 7.81. The quantitative estimate of drug-likeness (QED) is 0.545. The van der Waals surface area contributed by atoms with Gasteiger partial charge in [0.05, 0.1) is 4.90 Å². The van der Waals surface area contributed by atoms with Gasteiger partial charge in [-0.25, -0.2) is 13.6 Å². The van der Waals surface area contributed by atoms with Gasteiger partial charge < -0.3 is 10.1 Å². The molecule has 0 aromatic heterocycles. The zero-order chi connectivity index (χ0) is 21.4. The summed E-state index contributed by atoms with van der Waals surface area (Å²) in [5.74, 6) is 0.498. The smallest absolute Gasteiger partial charge is 0.244 e. The maximum Gasteiger partial charge on any atom is 0.244 e. The Morgan fingerprint density at radius 3 is 2.20 bits per heavy atom. The van der Waals surface area contributed by atoms with Crippen molar-refractivity contribution >= 4 is 22.0 Å². The molecule has 0 fully saturated rings. The van der Waals surface area contributed by atoms with E-state index in [1.807, 2.05) is 54.6 Å². The van der Waals surface area contributed by atoms with E-state index in [2.05, 4.69) is 5.32 Å². The first-order valence-electron chi connectivity index (χ1n) is 9.24. The summed E-state index contributed by atoms with van der Waals surface area (Å²) in [6, 6.07) is 23.4. The number of carbonyl (C=O) groups excluding carboxylic acids is 1. The molecule has 3 aromatic rings. The van der Waals surface area contributed by atoms with Gasteiger partial charge in [-0.05, 0) is 47.0 Å². The average molecular weight is 423 g/mol. The lowest BCUT2D eigenvalue weighted by Crippen LogP contribution is -2.20. The minimum Gasteiger partial charge on any atom is -0.489 e. The van der Waals surface area contributed by atoms with Crippen molar-refractivity contribution in [1.29, 1.82) is 0 Å². The number of ether oxygens (including phenoxy) is 1. The van der Waals surface area contributed by atoms with Crippen LogP contribution in [0.25, 0.3) is 6.08 Å². The molecule has 3 N–H and O–H groups in total. The van der Waals surface area contributed by atoms with E-state index >= 15 is 0 Å². The van der Waals surface area contributed by atoms with Crippen LogP contribution < -0.4 is 15.2 Å². The van der Waals surface area contributed by atoms with Gasteiger partial charge in [-0.2, -0.15) is 0 Å². The summed E-state index contributed by atoms with van der Waals surface area (Å²) in [6.45, 7) is 0.775. The zero-order valence-electron chi connectivity index (χ0n) is 16.2. The van der Waals surface area contributed by atoms with Crippen molar-refractivity contribution < 1.29 is 17.9 Å². The van der Waals surface area contributed by atoms with Gasteiger partial charge in [0.1, 0.15) is 12.4 Å². The molecule has 3 aromatic carbocycles. The molecule has 1 amide bonds. The van der Waals surface area contributed by atoms with E-state index in [1.54, 1.807) is 18.2 Å². The highest BCUT2D eigenvalue weighted by molar-refractivity contribution is 7.89. The van der Waals surface area contributed by atoms with Crippen molar-refractivity contribution in [2.75, 3.05) is 0 Å². The summed E-state index contributed by atoms with van der Waals surface area (Å²) in [4.78, 5) is 12.0. The molecule has 3 rings (SSSR count). The number of nitrogens with two attached hydrogens (primary N) is 1. The Kier molecular flexibility index (Phi) is 7.00.